The molecule has 0 saturated heterocycles. The Morgan fingerprint density at radius 1 is 0.938 bits per heavy atom. The highest BCUT2D eigenvalue weighted by Crippen LogP contribution is 2.29. The van der Waals surface area contributed by atoms with Crippen LogP contribution in [-0.4, -0.2) is 16.5 Å². The van der Waals surface area contributed by atoms with Crippen LogP contribution in [-0.2, 0) is 12.6 Å². The Bertz CT molecular complexity index is 1060. The van der Waals surface area contributed by atoms with E-state index in [9.17, 15) is 13.2 Å². The third kappa shape index (κ3) is 6.71. The quantitative estimate of drug-likeness (QED) is 0.358. The zero-order valence-corrected chi connectivity index (χ0v) is 19.5. The summed E-state index contributed by atoms with van der Waals surface area (Å²) in [6.45, 7) is 1.91. The van der Waals surface area contributed by atoms with Crippen molar-refractivity contribution in [2.24, 2.45) is 0 Å². The van der Waals surface area contributed by atoms with Crippen LogP contribution in [0.25, 0.3) is 11.1 Å². The maximum Gasteiger partial charge on any atom is 0.416 e. The number of allylic oxidation sites excluding steroid dienone is 1. The molecule has 3 aromatic carbocycles. The molecule has 0 amide bonds. The van der Waals surface area contributed by atoms with Crippen LogP contribution < -0.4 is 5.32 Å². The van der Waals surface area contributed by atoms with Gasteiger partial charge in [0.25, 0.3) is 0 Å². The van der Waals surface area contributed by atoms with Crippen molar-refractivity contribution in [3.63, 3.8) is 0 Å². The predicted molar refractivity (Wildman–Crippen MR) is 133 cm³/mol. The van der Waals surface area contributed by atoms with E-state index in [0.29, 0.717) is 10.6 Å². The summed E-state index contributed by atoms with van der Waals surface area (Å²) in [5.41, 5.74) is 4.35. The average molecular weight is 472 g/mol. The first-order chi connectivity index (χ1) is 15.3. The molecule has 1 atom stereocenters. The highest BCUT2D eigenvalue weighted by atomic mass is 32.2. The Balaban J connectivity index is 1.62. The number of alkyl halides is 3. The smallest absolute Gasteiger partial charge is 0.350 e. The molecule has 0 spiro atoms. The lowest BCUT2D eigenvalue weighted by atomic mass is 10.0. The maximum atomic E-state index is 12.7. The lowest BCUT2D eigenvalue weighted by Crippen LogP contribution is -2.21. The molecular weight excluding hydrogens is 447 g/mol. The number of benzene rings is 3. The summed E-state index contributed by atoms with van der Waals surface area (Å²) in [5.74, 6) is 0. The molecule has 0 aromatic heterocycles. The first kappa shape index (κ1) is 24.1. The molecule has 1 N–H and O–H groups in total. The Morgan fingerprint density at radius 2 is 1.53 bits per heavy atom. The van der Waals surface area contributed by atoms with Gasteiger partial charge in [-0.05, 0) is 48.4 Å². The van der Waals surface area contributed by atoms with E-state index in [4.69, 9.17) is 12.2 Å². The number of thioether (sulfide) groups is 1. The van der Waals surface area contributed by atoms with Crippen molar-refractivity contribution in [2.45, 2.75) is 24.8 Å². The van der Waals surface area contributed by atoms with Crippen molar-refractivity contribution in [3.05, 3.63) is 107 Å². The molecule has 0 radical (unpaired) electrons. The normalized spacial score (nSPS) is 13.0. The second kappa shape index (κ2) is 10.8. The first-order valence-electron chi connectivity index (χ1n) is 10.1. The molecule has 3 rings (SSSR count). The number of hydrogen-bond acceptors (Lipinski definition) is 2. The van der Waals surface area contributed by atoms with Gasteiger partial charge in [0.15, 0.2) is 0 Å². The van der Waals surface area contributed by atoms with Crippen LogP contribution in [0.1, 0.15) is 23.6 Å². The summed E-state index contributed by atoms with van der Waals surface area (Å²) in [7, 11) is 0. The van der Waals surface area contributed by atoms with Crippen molar-refractivity contribution < 1.29 is 13.2 Å². The lowest BCUT2D eigenvalue weighted by Gasteiger charge is -2.15. The van der Waals surface area contributed by atoms with Gasteiger partial charge in [0.05, 0.1) is 5.56 Å². The van der Waals surface area contributed by atoms with Crippen molar-refractivity contribution in [2.75, 3.05) is 6.26 Å². The van der Waals surface area contributed by atoms with E-state index < -0.39 is 11.7 Å². The van der Waals surface area contributed by atoms with Gasteiger partial charge in [0.2, 0.25) is 0 Å². The van der Waals surface area contributed by atoms with E-state index in [1.807, 2.05) is 25.1 Å². The fraction of sp³-hybridized carbons (Fsp3) is 0.192. The lowest BCUT2D eigenvalue weighted by molar-refractivity contribution is -0.137. The van der Waals surface area contributed by atoms with Crippen LogP contribution in [0.4, 0.5) is 13.2 Å². The van der Waals surface area contributed by atoms with E-state index in [2.05, 4.69) is 54.0 Å². The largest absolute Gasteiger partial charge is 0.416 e. The van der Waals surface area contributed by atoms with Gasteiger partial charge in [-0.2, -0.15) is 24.9 Å². The molecule has 0 aliphatic heterocycles. The second-order valence-electron chi connectivity index (χ2n) is 7.42. The Kier molecular flexibility index (Phi) is 8.15. The molecule has 0 bridgehead atoms. The number of halogens is 3. The van der Waals surface area contributed by atoms with Crippen LogP contribution >= 0.6 is 24.0 Å². The average Bonchev–Trinajstić information content (AvgIpc) is 2.79. The van der Waals surface area contributed by atoms with Crippen molar-refractivity contribution in [3.8, 4) is 11.1 Å². The van der Waals surface area contributed by atoms with Crippen LogP contribution in [0, 0.1) is 0 Å². The Hall–Kier alpha value is -2.57. The van der Waals surface area contributed by atoms with Gasteiger partial charge in [-0.1, -0.05) is 85.0 Å². The molecular formula is C26H24F3NS2. The van der Waals surface area contributed by atoms with E-state index >= 15 is 0 Å². The van der Waals surface area contributed by atoms with E-state index in [1.165, 1.54) is 28.8 Å². The summed E-state index contributed by atoms with van der Waals surface area (Å²) < 4.78 is 38.2. The van der Waals surface area contributed by atoms with Crippen molar-refractivity contribution in [1.82, 2.24) is 5.32 Å². The molecule has 0 aliphatic rings. The molecule has 1 nitrogen and oxygen atoms in total. The SMILES string of the molecule is CSC(/C=C(\C)NC(=S)c1ccc(C(F)(F)F)cc1)Cc1ccc(-c2ccccc2)cc1. The highest BCUT2D eigenvalue weighted by molar-refractivity contribution is 7.99. The van der Waals surface area contributed by atoms with Gasteiger partial charge in [-0.15, -0.1) is 0 Å². The van der Waals surface area contributed by atoms with Gasteiger partial charge in [0.1, 0.15) is 4.99 Å². The molecule has 0 saturated carbocycles. The Morgan fingerprint density at radius 3 is 2.09 bits per heavy atom. The number of rotatable bonds is 7. The van der Waals surface area contributed by atoms with Gasteiger partial charge >= 0.3 is 6.18 Å². The molecule has 6 heteroatoms. The predicted octanol–water partition coefficient (Wildman–Crippen LogP) is 7.52. The maximum absolute atomic E-state index is 12.7. The van der Waals surface area contributed by atoms with Crippen LogP contribution in [0.15, 0.2) is 90.6 Å². The third-order valence-corrected chi connectivity index (χ3v) is 6.27. The molecule has 166 valence electrons. The standard InChI is InChI=1S/C26H24F3NS2/c1-18(30-25(31)22-12-14-23(15-13-22)26(27,28)29)16-24(32-2)17-19-8-10-21(11-9-19)20-6-4-3-5-7-20/h3-16,24H,17H2,1-2H3,(H,30,31)/b18-16+. The minimum absolute atomic E-state index is 0.237. The van der Waals surface area contributed by atoms with E-state index in [-0.39, 0.29) is 5.25 Å². The summed E-state index contributed by atoms with van der Waals surface area (Å²) >= 11 is 7.11. The van der Waals surface area contributed by atoms with Gasteiger partial charge in [0, 0.05) is 16.5 Å². The topological polar surface area (TPSA) is 12.0 Å². The number of thiocarbonyl (C=S) groups is 1. The minimum Gasteiger partial charge on any atom is -0.350 e. The number of nitrogens with one attached hydrogen (secondary N) is 1. The van der Waals surface area contributed by atoms with Crippen LogP contribution in [0.3, 0.4) is 0 Å². The molecule has 32 heavy (non-hydrogen) atoms. The van der Waals surface area contributed by atoms with E-state index in [0.717, 1.165) is 24.3 Å². The first-order valence-corrected chi connectivity index (χ1v) is 11.8. The van der Waals surface area contributed by atoms with Gasteiger partial charge < -0.3 is 5.32 Å². The number of hydrogen-bond donors (Lipinski definition) is 1. The molecule has 0 fully saturated rings. The monoisotopic (exact) mass is 471 g/mol. The van der Waals surface area contributed by atoms with Gasteiger partial charge in [-0.25, -0.2) is 0 Å². The molecule has 1 unspecified atom stereocenters. The second-order valence-corrected chi connectivity index (χ2v) is 8.91. The van der Waals surface area contributed by atoms with Crippen molar-refractivity contribution in [1.29, 1.82) is 0 Å². The fourth-order valence-electron chi connectivity index (χ4n) is 3.29. The highest BCUT2D eigenvalue weighted by Gasteiger charge is 2.30. The van der Waals surface area contributed by atoms with Crippen molar-refractivity contribution >= 4 is 29.0 Å². The van der Waals surface area contributed by atoms with Crippen LogP contribution in [0.5, 0.6) is 0 Å². The zero-order chi connectivity index (χ0) is 23.1. The van der Waals surface area contributed by atoms with Crippen LogP contribution in [0.2, 0.25) is 0 Å². The summed E-state index contributed by atoms with van der Waals surface area (Å²) in [4.78, 5) is 0.402. The summed E-state index contributed by atoms with van der Waals surface area (Å²) in [5, 5.41) is 3.37. The van der Waals surface area contributed by atoms with E-state index in [1.54, 1.807) is 11.8 Å². The summed E-state index contributed by atoms with van der Waals surface area (Å²) in [6, 6.07) is 23.7. The third-order valence-electron chi connectivity index (χ3n) is 5.02. The molecule has 0 heterocycles. The van der Waals surface area contributed by atoms with Gasteiger partial charge in [-0.3, -0.25) is 0 Å². The summed E-state index contributed by atoms with van der Waals surface area (Å²) in [6.07, 6.45) is 0.670. The fourth-order valence-corrected chi connectivity index (χ4v) is 4.29. The molecule has 3 aromatic rings. The zero-order valence-electron chi connectivity index (χ0n) is 17.8. The Labute approximate surface area is 196 Å². The molecule has 0 aliphatic carbocycles. The minimum atomic E-state index is -4.35.